The van der Waals surface area contributed by atoms with E-state index in [1.54, 1.807) is 0 Å². The maximum Gasteiger partial charge on any atom is 0.251 e. The molecule has 2 nitrogen and oxygen atoms in total. The topological polar surface area (TPSA) is 22.0 Å². The van der Waals surface area contributed by atoms with Crippen LogP contribution in [0.3, 0.4) is 0 Å². The quantitative estimate of drug-likeness (QED) is 0.757. The van der Waals surface area contributed by atoms with Crippen LogP contribution in [0.5, 0.6) is 0 Å². The predicted molar refractivity (Wildman–Crippen MR) is 60.9 cm³/mol. The molecule has 82 valence electrons. The average molecular weight is 217 g/mol. The minimum atomic E-state index is -0.401. The molecule has 0 fully saturated rings. The Labute approximate surface area is 93.0 Å². The summed E-state index contributed by atoms with van der Waals surface area (Å²) in [6.07, 6.45) is 1.24. The van der Waals surface area contributed by atoms with Crippen LogP contribution in [0.15, 0.2) is 53.5 Å². The van der Waals surface area contributed by atoms with Crippen LogP contribution >= 0.6 is 0 Å². The van der Waals surface area contributed by atoms with E-state index in [1.165, 1.54) is 22.9 Å². The summed E-state index contributed by atoms with van der Waals surface area (Å²) in [6.45, 7) is 1.87. The van der Waals surface area contributed by atoms with Gasteiger partial charge in [0.1, 0.15) is 5.82 Å². The Kier molecular flexibility index (Phi) is 2.86. The zero-order chi connectivity index (χ0) is 11.5. The van der Waals surface area contributed by atoms with Crippen molar-refractivity contribution in [2.45, 2.75) is 13.0 Å². The summed E-state index contributed by atoms with van der Waals surface area (Å²) >= 11 is 0. The lowest BCUT2D eigenvalue weighted by Crippen LogP contribution is -2.22. The van der Waals surface area contributed by atoms with Gasteiger partial charge >= 0.3 is 0 Å². The minimum Gasteiger partial charge on any atom is -0.305 e. The lowest BCUT2D eigenvalue weighted by Gasteiger charge is -2.15. The first-order chi connectivity index (χ1) is 7.68. The van der Waals surface area contributed by atoms with Gasteiger partial charge in [0, 0.05) is 12.3 Å². The van der Waals surface area contributed by atoms with Crippen molar-refractivity contribution in [1.29, 1.82) is 0 Å². The molecule has 0 N–H and O–H groups in total. The summed E-state index contributed by atoms with van der Waals surface area (Å²) in [4.78, 5) is 11.6. The Morgan fingerprint density at radius 2 is 1.81 bits per heavy atom. The summed E-state index contributed by atoms with van der Waals surface area (Å²) in [6, 6.07) is 11.8. The van der Waals surface area contributed by atoms with Crippen LogP contribution in [0.25, 0.3) is 0 Å². The Morgan fingerprint density at radius 3 is 2.50 bits per heavy atom. The highest BCUT2D eigenvalue weighted by Crippen LogP contribution is 2.15. The van der Waals surface area contributed by atoms with Crippen LogP contribution in [-0.2, 0) is 0 Å². The molecule has 1 unspecified atom stereocenters. The van der Waals surface area contributed by atoms with Crippen molar-refractivity contribution >= 4 is 0 Å². The highest BCUT2D eigenvalue weighted by molar-refractivity contribution is 5.19. The molecule has 0 amide bonds. The molecule has 3 heteroatoms. The first kappa shape index (κ1) is 10.6. The molecule has 0 bridgehead atoms. The highest BCUT2D eigenvalue weighted by Gasteiger charge is 2.08. The fourth-order valence-electron chi connectivity index (χ4n) is 1.67. The largest absolute Gasteiger partial charge is 0.305 e. The lowest BCUT2D eigenvalue weighted by atomic mass is 10.1. The smallest absolute Gasteiger partial charge is 0.251 e. The van der Waals surface area contributed by atoms with E-state index in [0.29, 0.717) is 0 Å². The second-order valence-corrected chi connectivity index (χ2v) is 3.68. The monoisotopic (exact) mass is 217 g/mol. The van der Waals surface area contributed by atoms with Gasteiger partial charge in [-0.15, -0.1) is 0 Å². The molecule has 0 aliphatic rings. The Morgan fingerprint density at radius 1 is 1.12 bits per heavy atom. The van der Waals surface area contributed by atoms with Crippen molar-refractivity contribution in [2.75, 3.05) is 0 Å². The zero-order valence-electron chi connectivity index (χ0n) is 8.93. The fourth-order valence-corrected chi connectivity index (χ4v) is 1.67. The van der Waals surface area contributed by atoms with Crippen LogP contribution in [0.1, 0.15) is 18.5 Å². The van der Waals surface area contributed by atoms with Gasteiger partial charge in [-0.3, -0.25) is 4.79 Å². The third-order valence-electron chi connectivity index (χ3n) is 2.60. The molecule has 1 atom stereocenters. The van der Waals surface area contributed by atoms with Gasteiger partial charge in [0.15, 0.2) is 0 Å². The Balaban J connectivity index is 2.45. The summed E-state index contributed by atoms with van der Waals surface area (Å²) in [5.74, 6) is -0.401. The van der Waals surface area contributed by atoms with Gasteiger partial charge in [-0.1, -0.05) is 30.3 Å². The summed E-state index contributed by atoms with van der Waals surface area (Å²) in [7, 11) is 0. The summed E-state index contributed by atoms with van der Waals surface area (Å²) in [5, 5.41) is 0. The number of hydrogen-bond acceptors (Lipinski definition) is 1. The molecule has 1 aromatic heterocycles. The second kappa shape index (κ2) is 4.31. The average Bonchev–Trinajstić information content (AvgIpc) is 2.32. The maximum absolute atomic E-state index is 13.1. The number of nitrogens with zero attached hydrogens (tertiary/aromatic N) is 1. The van der Waals surface area contributed by atoms with Gasteiger partial charge in [0.05, 0.1) is 6.04 Å². The molecular weight excluding hydrogens is 205 g/mol. The normalized spacial score (nSPS) is 12.4. The Bertz CT molecular complexity index is 533. The molecule has 0 spiro atoms. The van der Waals surface area contributed by atoms with Crippen molar-refractivity contribution in [3.63, 3.8) is 0 Å². The minimum absolute atomic E-state index is 0.163. The molecule has 1 aromatic carbocycles. The van der Waals surface area contributed by atoms with E-state index >= 15 is 0 Å². The van der Waals surface area contributed by atoms with E-state index in [4.69, 9.17) is 0 Å². The van der Waals surface area contributed by atoms with Crippen molar-refractivity contribution in [2.24, 2.45) is 0 Å². The van der Waals surface area contributed by atoms with Crippen LogP contribution in [0.2, 0.25) is 0 Å². The van der Waals surface area contributed by atoms with E-state index in [1.807, 2.05) is 37.3 Å². The molecule has 2 rings (SSSR count). The highest BCUT2D eigenvalue weighted by atomic mass is 19.1. The molecule has 1 heterocycles. The standard InChI is InChI=1S/C13H12FNO/c1-10(11-5-3-2-4-6-11)15-9-12(14)7-8-13(15)16/h2-10H,1H3. The van der Waals surface area contributed by atoms with Crippen LogP contribution in [0, 0.1) is 5.82 Å². The SMILES string of the molecule is CC(c1ccccc1)n1cc(F)ccc1=O. The number of benzene rings is 1. The molecule has 0 radical (unpaired) electrons. The third-order valence-corrected chi connectivity index (χ3v) is 2.60. The van der Waals surface area contributed by atoms with Crippen LogP contribution in [0.4, 0.5) is 4.39 Å². The van der Waals surface area contributed by atoms with Crippen molar-refractivity contribution in [1.82, 2.24) is 4.57 Å². The van der Waals surface area contributed by atoms with Gasteiger partial charge in [-0.2, -0.15) is 0 Å². The van der Waals surface area contributed by atoms with E-state index in [9.17, 15) is 9.18 Å². The van der Waals surface area contributed by atoms with Crippen LogP contribution in [-0.4, -0.2) is 4.57 Å². The van der Waals surface area contributed by atoms with Crippen molar-refractivity contribution in [3.05, 3.63) is 70.4 Å². The van der Waals surface area contributed by atoms with Crippen molar-refractivity contribution < 1.29 is 4.39 Å². The second-order valence-electron chi connectivity index (χ2n) is 3.68. The fraction of sp³-hybridized carbons (Fsp3) is 0.154. The van der Waals surface area contributed by atoms with Gasteiger partial charge in [-0.05, 0) is 18.6 Å². The third kappa shape index (κ3) is 2.03. The molecule has 2 aromatic rings. The maximum atomic E-state index is 13.1. The first-order valence-electron chi connectivity index (χ1n) is 5.11. The van der Waals surface area contributed by atoms with E-state index < -0.39 is 5.82 Å². The molecule has 0 saturated heterocycles. The number of hydrogen-bond donors (Lipinski definition) is 0. The van der Waals surface area contributed by atoms with E-state index in [-0.39, 0.29) is 11.6 Å². The van der Waals surface area contributed by atoms with E-state index in [2.05, 4.69) is 0 Å². The van der Waals surface area contributed by atoms with Gasteiger partial charge in [0.25, 0.3) is 5.56 Å². The molecular formula is C13H12FNO. The van der Waals surface area contributed by atoms with E-state index in [0.717, 1.165) is 5.56 Å². The van der Waals surface area contributed by atoms with Crippen LogP contribution < -0.4 is 5.56 Å². The zero-order valence-corrected chi connectivity index (χ0v) is 8.93. The number of rotatable bonds is 2. The molecule has 0 saturated carbocycles. The number of halogens is 1. The summed E-state index contributed by atoms with van der Waals surface area (Å²) < 4.78 is 14.5. The Hall–Kier alpha value is -1.90. The number of pyridine rings is 1. The molecule has 16 heavy (non-hydrogen) atoms. The lowest BCUT2D eigenvalue weighted by molar-refractivity contribution is 0.557. The van der Waals surface area contributed by atoms with Gasteiger partial charge in [-0.25, -0.2) is 4.39 Å². The molecule has 0 aliphatic carbocycles. The van der Waals surface area contributed by atoms with Gasteiger partial charge < -0.3 is 4.57 Å². The van der Waals surface area contributed by atoms with Crippen molar-refractivity contribution in [3.8, 4) is 0 Å². The molecule has 0 aliphatic heterocycles. The predicted octanol–water partition coefficient (Wildman–Crippen LogP) is 2.60. The summed E-state index contributed by atoms with van der Waals surface area (Å²) in [5.41, 5.74) is 0.785. The van der Waals surface area contributed by atoms with Gasteiger partial charge in [0.2, 0.25) is 0 Å². The first-order valence-corrected chi connectivity index (χ1v) is 5.11. The number of aromatic nitrogens is 1.